The topological polar surface area (TPSA) is 39.1 Å². The molecule has 0 radical (unpaired) electrons. The summed E-state index contributed by atoms with van der Waals surface area (Å²) in [6, 6.07) is 12.7. The summed E-state index contributed by atoms with van der Waals surface area (Å²) in [5.74, 6) is 1.85. The average Bonchev–Trinajstić information content (AvgIpc) is 3.11. The number of fused-ring (bicyclic) bond motifs is 1. The Morgan fingerprint density at radius 2 is 1.90 bits per heavy atom. The van der Waals surface area contributed by atoms with Crippen molar-refractivity contribution in [3.05, 3.63) is 35.9 Å². The van der Waals surface area contributed by atoms with Crippen LogP contribution in [-0.4, -0.2) is 31.6 Å². The van der Waals surface area contributed by atoms with Crippen molar-refractivity contribution in [1.29, 1.82) is 5.26 Å². The van der Waals surface area contributed by atoms with Gasteiger partial charge in [0.25, 0.3) is 0 Å². The van der Waals surface area contributed by atoms with Crippen LogP contribution in [0.3, 0.4) is 0 Å². The van der Waals surface area contributed by atoms with Gasteiger partial charge in [0.05, 0.1) is 6.07 Å². The summed E-state index contributed by atoms with van der Waals surface area (Å²) in [6.07, 6.45) is 5.10. The first-order chi connectivity index (χ1) is 10.3. The fourth-order valence-corrected chi connectivity index (χ4v) is 4.15. The van der Waals surface area contributed by atoms with E-state index in [1.807, 2.05) is 25.2 Å². The minimum atomic E-state index is -0.557. The number of rotatable bonds is 5. The molecule has 3 atom stereocenters. The van der Waals surface area contributed by atoms with Crippen LogP contribution in [0.15, 0.2) is 30.3 Å². The molecule has 0 spiro atoms. The first-order valence-corrected chi connectivity index (χ1v) is 8.15. The zero-order chi connectivity index (χ0) is 14.7. The molecule has 0 aromatic heterocycles. The van der Waals surface area contributed by atoms with Crippen molar-refractivity contribution in [2.24, 2.45) is 11.8 Å². The Balaban J connectivity index is 1.65. The molecule has 1 heterocycles. The summed E-state index contributed by atoms with van der Waals surface area (Å²) < 4.78 is 0. The van der Waals surface area contributed by atoms with Gasteiger partial charge in [-0.1, -0.05) is 36.8 Å². The Bertz CT molecular complexity index is 495. The Labute approximate surface area is 128 Å². The second-order valence-corrected chi connectivity index (χ2v) is 6.59. The van der Waals surface area contributed by atoms with Crippen LogP contribution in [0.2, 0.25) is 0 Å². The molecule has 3 rings (SSSR count). The normalized spacial score (nSPS) is 28.0. The van der Waals surface area contributed by atoms with Crippen LogP contribution in [0, 0.1) is 23.2 Å². The van der Waals surface area contributed by atoms with Crippen LogP contribution in [0.4, 0.5) is 0 Å². The van der Waals surface area contributed by atoms with Gasteiger partial charge in [-0.15, -0.1) is 0 Å². The molecule has 1 aliphatic carbocycles. The van der Waals surface area contributed by atoms with Gasteiger partial charge in [0.2, 0.25) is 0 Å². The molecule has 3 heteroatoms. The van der Waals surface area contributed by atoms with E-state index < -0.39 is 5.54 Å². The number of likely N-dealkylation sites (tertiary alicyclic amines) is 1. The van der Waals surface area contributed by atoms with Crippen LogP contribution >= 0.6 is 0 Å². The summed E-state index contributed by atoms with van der Waals surface area (Å²) in [6.45, 7) is 3.49. The van der Waals surface area contributed by atoms with Gasteiger partial charge in [-0.05, 0) is 43.7 Å². The number of hydrogen-bond acceptors (Lipinski definition) is 3. The van der Waals surface area contributed by atoms with Gasteiger partial charge in [0.1, 0.15) is 5.54 Å². The molecule has 3 nitrogen and oxygen atoms in total. The maximum atomic E-state index is 9.73. The molecule has 1 saturated carbocycles. The molecule has 1 saturated heterocycles. The van der Waals surface area contributed by atoms with Gasteiger partial charge in [0, 0.05) is 19.6 Å². The molecule has 2 aliphatic rings. The fraction of sp³-hybridized carbons (Fsp3) is 0.611. The minimum Gasteiger partial charge on any atom is -0.303 e. The predicted molar refractivity (Wildman–Crippen MR) is 84.7 cm³/mol. The van der Waals surface area contributed by atoms with E-state index in [1.54, 1.807) is 0 Å². The second-order valence-electron chi connectivity index (χ2n) is 6.59. The van der Waals surface area contributed by atoms with Gasteiger partial charge >= 0.3 is 0 Å². The summed E-state index contributed by atoms with van der Waals surface area (Å²) in [4.78, 5) is 2.57. The average molecular weight is 283 g/mol. The largest absolute Gasteiger partial charge is 0.303 e. The van der Waals surface area contributed by atoms with Crippen molar-refractivity contribution in [2.75, 3.05) is 26.7 Å². The first kappa shape index (κ1) is 14.6. The Hall–Kier alpha value is -1.37. The SMILES string of the molecule is CNC(C#N)(CCN1CC2CCCC2C1)c1ccccc1. The molecule has 112 valence electrons. The molecule has 2 fully saturated rings. The lowest BCUT2D eigenvalue weighted by molar-refractivity contribution is 0.271. The van der Waals surface area contributed by atoms with Crippen molar-refractivity contribution < 1.29 is 0 Å². The van der Waals surface area contributed by atoms with Gasteiger partial charge in [-0.25, -0.2) is 0 Å². The van der Waals surface area contributed by atoms with E-state index in [9.17, 15) is 5.26 Å². The fourth-order valence-electron chi connectivity index (χ4n) is 4.15. The summed E-state index contributed by atoms with van der Waals surface area (Å²) in [5.41, 5.74) is 0.522. The number of benzene rings is 1. The molecule has 0 bridgehead atoms. The van der Waals surface area contributed by atoms with Gasteiger partial charge in [-0.2, -0.15) is 5.26 Å². The highest BCUT2D eigenvalue weighted by Gasteiger charge is 2.37. The van der Waals surface area contributed by atoms with Crippen molar-refractivity contribution in [2.45, 2.75) is 31.2 Å². The Morgan fingerprint density at radius 3 is 2.48 bits per heavy atom. The second kappa shape index (κ2) is 6.17. The first-order valence-electron chi connectivity index (χ1n) is 8.15. The maximum Gasteiger partial charge on any atom is 0.133 e. The lowest BCUT2D eigenvalue weighted by atomic mass is 9.88. The number of nitrogens with zero attached hydrogens (tertiary/aromatic N) is 2. The van der Waals surface area contributed by atoms with Crippen LogP contribution < -0.4 is 5.32 Å². The highest BCUT2D eigenvalue weighted by Crippen LogP contribution is 2.38. The van der Waals surface area contributed by atoms with E-state index in [-0.39, 0.29) is 0 Å². The zero-order valence-corrected chi connectivity index (χ0v) is 12.9. The molecule has 21 heavy (non-hydrogen) atoms. The smallest absolute Gasteiger partial charge is 0.133 e. The van der Waals surface area contributed by atoms with Gasteiger partial charge in [-0.3, -0.25) is 5.32 Å². The Kier molecular flexibility index (Phi) is 4.28. The number of nitrogens with one attached hydrogen (secondary N) is 1. The third-order valence-electron chi connectivity index (χ3n) is 5.49. The quantitative estimate of drug-likeness (QED) is 0.903. The molecule has 1 aromatic rings. The molecule has 1 aromatic carbocycles. The van der Waals surface area contributed by atoms with Crippen molar-refractivity contribution in [3.63, 3.8) is 0 Å². The summed E-state index contributed by atoms with van der Waals surface area (Å²) in [7, 11) is 1.90. The van der Waals surface area contributed by atoms with Crippen molar-refractivity contribution in [1.82, 2.24) is 10.2 Å². The lowest BCUT2D eigenvalue weighted by Crippen LogP contribution is -2.41. The highest BCUT2D eigenvalue weighted by atomic mass is 15.2. The van der Waals surface area contributed by atoms with Crippen LogP contribution in [0.1, 0.15) is 31.2 Å². The predicted octanol–water partition coefficient (Wildman–Crippen LogP) is 2.75. The maximum absolute atomic E-state index is 9.73. The molecule has 1 aliphatic heterocycles. The van der Waals surface area contributed by atoms with Crippen molar-refractivity contribution in [3.8, 4) is 6.07 Å². The van der Waals surface area contributed by atoms with Crippen LogP contribution in [-0.2, 0) is 5.54 Å². The van der Waals surface area contributed by atoms with E-state index in [4.69, 9.17) is 0 Å². The standard InChI is InChI=1S/C18H25N3/c1-20-18(14-19,17-8-3-2-4-9-17)10-11-21-12-15-6-5-7-16(15)13-21/h2-4,8-9,15-16,20H,5-7,10-13H2,1H3. The van der Waals surface area contributed by atoms with Gasteiger partial charge in [0.15, 0.2) is 0 Å². The minimum absolute atomic E-state index is 0.557. The molecule has 0 amide bonds. The van der Waals surface area contributed by atoms with E-state index in [0.717, 1.165) is 30.4 Å². The van der Waals surface area contributed by atoms with E-state index in [0.29, 0.717) is 0 Å². The van der Waals surface area contributed by atoms with Crippen LogP contribution in [0.25, 0.3) is 0 Å². The Morgan fingerprint density at radius 1 is 1.24 bits per heavy atom. The lowest BCUT2D eigenvalue weighted by Gasteiger charge is -2.29. The monoisotopic (exact) mass is 283 g/mol. The third kappa shape index (κ3) is 2.84. The van der Waals surface area contributed by atoms with E-state index in [2.05, 4.69) is 28.4 Å². The molecular weight excluding hydrogens is 258 g/mol. The number of hydrogen-bond donors (Lipinski definition) is 1. The van der Waals surface area contributed by atoms with Crippen LogP contribution in [0.5, 0.6) is 0 Å². The molecular formula is C18H25N3. The van der Waals surface area contributed by atoms with E-state index >= 15 is 0 Å². The van der Waals surface area contributed by atoms with Gasteiger partial charge < -0.3 is 4.90 Å². The molecule has 3 unspecified atom stereocenters. The third-order valence-corrected chi connectivity index (χ3v) is 5.49. The van der Waals surface area contributed by atoms with E-state index in [1.165, 1.54) is 32.4 Å². The summed E-state index contributed by atoms with van der Waals surface area (Å²) >= 11 is 0. The van der Waals surface area contributed by atoms with Crippen molar-refractivity contribution >= 4 is 0 Å². The molecule has 1 N–H and O–H groups in total. The zero-order valence-electron chi connectivity index (χ0n) is 12.9. The summed E-state index contributed by atoms with van der Waals surface area (Å²) in [5, 5.41) is 13.0. The number of nitriles is 1. The highest BCUT2D eigenvalue weighted by molar-refractivity contribution is 5.31.